The summed E-state index contributed by atoms with van der Waals surface area (Å²) in [7, 11) is 0. The highest BCUT2D eigenvalue weighted by molar-refractivity contribution is 5.87. The summed E-state index contributed by atoms with van der Waals surface area (Å²) >= 11 is 0. The molecule has 5 rings (SSSR count). The lowest BCUT2D eigenvalue weighted by atomic mass is 9.84. The summed E-state index contributed by atoms with van der Waals surface area (Å²) in [5.41, 5.74) is 2.46. The van der Waals surface area contributed by atoms with Crippen LogP contribution in [0.25, 0.3) is 0 Å². The van der Waals surface area contributed by atoms with Crippen LogP contribution >= 0.6 is 0 Å². The van der Waals surface area contributed by atoms with Gasteiger partial charge in [0.1, 0.15) is 5.54 Å². The molecule has 3 aliphatic heterocycles. The van der Waals surface area contributed by atoms with Crippen molar-refractivity contribution in [3.8, 4) is 0 Å². The van der Waals surface area contributed by atoms with Crippen LogP contribution in [0.15, 0.2) is 24.3 Å². The van der Waals surface area contributed by atoms with Crippen LogP contribution in [0.2, 0.25) is 0 Å². The van der Waals surface area contributed by atoms with E-state index >= 15 is 0 Å². The largest absolute Gasteiger partial charge is 0.371 e. The van der Waals surface area contributed by atoms with E-state index in [-0.39, 0.29) is 5.54 Å². The first-order valence-corrected chi connectivity index (χ1v) is 11.8. The van der Waals surface area contributed by atoms with Crippen molar-refractivity contribution >= 4 is 11.6 Å². The Morgan fingerprint density at radius 2 is 1.86 bits per heavy atom. The van der Waals surface area contributed by atoms with Gasteiger partial charge in [-0.05, 0) is 82.5 Å². The molecule has 2 N–H and O–H groups in total. The Kier molecular flexibility index (Phi) is 5.29. The average Bonchev–Trinajstić information content (AvgIpc) is 3.46. The molecule has 4 fully saturated rings. The van der Waals surface area contributed by atoms with Crippen LogP contribution in [0.1, 0.15) is 56.9 Å². The van der Waals surface area contributed by atoms with Crippen LogP contribution < -0.4 is 15.5 Å². The molecule has 29 heavy (non-hydrogen) atoms. The van der Waals surface area contributed by atoms with E-state index in [2.05, 4.69) is 51.6 Å². The molecule has 0 unspecified atom stereocenters. The average molecular weight is 397 g/mol. The second-order valence-corrected chi connectivity index (χ2v) is 9.85. The normalized spacial score (nSPS) is 30.9. The molecule has 4 aliphatic rings. The topological polar surface area (TPSA) is 47.6 Å². The first kappa shape index (κ1) is 19.4. The Labute approximate surface area is 175 Å². The molecule has 1 aromatic carbocycles. The second-order valence-electron chi connectivity index (χ2n) is 9.85. The van der Waals surface area contributed by atoms with Gasteiger partial charge in [-0.1, -0.05) is 12.1 Å². The number of benzene rings is 1. The Hall–Kier alpha value is -1.59. The third-order valence-corrected chi connectivity index (χ3v) is 7.57. The van der Waals surface area contributed by atoms with Gasteiger partial charge >= 0.3 is 0 Å². The highest BCUT2D eigenvalue weighted by atomic mass is 16.2. The number of anilines is 1. The summed E-state index contributed by atoms with van der Waals surface area (Å²) < 4.78 is 0. The van der Waals surface area contributed by atoms with Crippen LogP contribution in [0.5, 0.6) is 0 Å². The number of carbonyl (C=O) groups is 1. The van der Waals surface area contributed by atoms with E-state index in [0.717, 1.165) is 39.0 Å². The lowest BCUT2D eigenvalue weighted by molar-refractivity contribution is -0.134. The van der Waals surface area contributed by atoms with Crippen molar-refractivity contribution in [1.82, 2.24) is 15.5 Å². The van der Waals surface area contributed by atoms with Crippen LogP contribution in [0.4, 0.5) is 5.69 Å². The van der Waals surface area contributed by atoms with Gasteiger partial charge in [0.2, 0.25) is 5.91 Å². The van der Waals surface area contributed by atoms with Crippen molar-refractivity contribution in [1.29, 1.82) is 0 Å². The quantitative estimate of drug-likeness (QED) is 0.804. The predicted octanol–water partition coefficient (Wildman–Crippen LogP) is 2.83. The molecule has 2 atom stereocenters. The Bertz CT molecular complexity index is 740. The maximum Gasteiger partial charge on any atom is 0.240 e. The molecule has 0 spiro atoms. The second kappa shape index (κ2) is 7.92. The molecular formula is C24H36N4O. The van der Waals surface area contributed by atoms with Gasteiger partial charge in [-0.25, -0.2) is 0 Å². The van der Waals surface area contributed by atoms with Crippen LogP contribution in [0.3, 0.4) is 0 Å². The minimum atomic E-state index is -0.235. The molecule has 5 heteroatoms. The molecule has 3 heterocycles. The van der Waals surface area contributed by atoms with E-state index in [1.807, 2.05) is 0 Å². The van der Waals surface area contributed by atoms with Gasteiger partial charge < -0.3 is 15.5 Å². The molecule has 1 aliphatic carbocycles. The van der Waals surface area contributed by atoms with E-state index in [0.29, 0.717) is 24.0 Å². The highest BCUT2D eigenvalue weighted by Gasteiger charge is 2.52. The summed E-state index contributed by atoms with van der Waals surface area (Å²) in [5, 5.41) is 7.28. The fourth-order valence-corrected chi connectivity index (χ4v) is 5.80. The maximum absolute atomic E-state index is 13.1. The molecule has 5 nitrogen and oxygen atoms in total. The highest BCUT2D eigenvalue weighted by Crippen LogP contribution is 2.39. The number of nitrogens with zero attached hydrogens (tertiary/aromatic N) is 2. The van der Waals surface area contributed by atoms with Gasteiger partial charge in [-0.3, -0.25) is 9.69 Å². The predicted molar refractivity (Wildman–Crippen MR) is 117 cm³/mol. The zero-order valence-electron chi connectivity index (χ0n) is 17.8. The van der Waals surface area contributed by atoms with Crippen LogP contribution in [-0.2, 0) is 4.79 Å². The molecule has 1 amide bonds. The lowest BCUT2D eigenvalue weighted by Crippen LogP contribution is -2.57. The third kappa shape index (κ3) is 4.04. The van der Waals surface area contributed by atoms with E-state index in [4.69, 9.17) is 0 Å². The Morgan fingerprint density at radius 3 is 2.62 bits per heavy atom. The monoisotopic (exact) mass is 396 g/mol. The summed E-state index contributed by atoms with van der Waals surface area (Å²) in [6, 6.07) is 10.3. The number of piperidine rings is 2. The van der Waals surface area contributed by atoms with Crippen molar-refractivity contribution < 1.29 is 4.79 Å². The van der Waals surface area contributed by atoms with Gasteiger partial charge in [0.25, 0.3) is 0 Å². The van der Waals surface area contributed by atoms with Gasteiger partial charge in [-0.2, -0.15) is 0 Å². The maximum atomic E-state index is 13.1. The van der Waals surface area contributed by atoms with E-state index in [1.54, 1.807) is 0 Å². The van der Waals surface area contributed by atoms with Gasteiger partial charge in [0.05, 0.1) is 0 Å². The molecule has 158 valence electrons. The standard InChI is InChI=1S/C24H36N4O/c1-18-5-4-6-22(15-18)27-13-9-20(10-14-27)25-21-16-24(23(29)26-19-7-8-19)11-2-3-12-28(24)17-21/h4-6,15,19-21,25H,2-3,7-14,16-17H2,1H3,(H,26,29)/t21-,24+/m0/s1. The van der Waals surface area contributed by atoms with E-state index < -0.39 is 0 Å². The number of rotatable bonds is 5. The number of hydrogen-bond acceptors (Lipinski definition) is 4. The molecule has 1 saturated carbocycles. The van der Waals surface area contributed by atoms with Crippen molar-refractivity contribution in [3.05, 3.63) is 29.8 Å². The van der Waals surface area contributed by atoms with Crippen LogP contribution in [-0.4, -0.2) is 60.7 Å². The first-order chi connectivity index (χ1) is 14.1. The van der Waals surface area contributed by atoms with Crippen LogP contribution in [0, 0.1) is 6.92 Å². The minimum absolute atomic E-state index is 0.235. The molecule has 0 bridgehead atoms. The molecule has 3 saturated heterocycles. The molecule has 0 aromatic heterocycles. The Morgan fingerprint density at radius 1 is 1.03 bits per heavy atom. The van der Waals surface area contributed by atoms with Crippen molar-refractivity contribution in [2.24, 2.45) is 0 Å². The SMILES string of the molecule is Cc1cccc(N2CCC(N[C@@H]3CN4CCCC[C@]4(C(=O)NC4CC4)C3)CC2)c1. The van der Waals surface area contributed by atoms with Gasteiger partial charge in [0, 0.05) is 43.4 Å². The van der Waals surface area contributed by atoms with Crippen molar-refractivity contribution in [2.45, 2.75) is 82.0 Å². The van der Waals surface area contributed by atoms with E-state index in [9.17, 15) is 4.79 Å². The summed E-state index contributed by atoms with van der Waals surface area (Å²) in [4.78, 5) is 18.2. The number of aryl methyl sites for hydroxylation is 1. The number of nitrogens with one attached hydrogen (secondary N) is 2. The number of hydrogen-bond donors (Lipinski definition) is 2. The molecule has 0 radical (unpaired) electrons. The fourth-order valence-electron chi connectivity index (χ4n) is 5.80. The molecule has 1 aromatic rings. The first-order valence-electron chi connectivity index (χ1n) is 11.8. The molecular weight excluding hydrogens is 360 g/mol. The van der Waals surface area contributed by atoms with Gasteiger partial charge in [-0.15, -0.1) is 0 Å². The minimum Gasteiger partial charge on any atom is -0.371 e. The summed E-state index contributed by atoms with van der Waals surface area (Å²) in [6.07, 6.45) is 9.17. The lowest BCUT2D eigenvalue weighted by Gasteiger charge is -2.40. The smallest absolute Gasteiger partial charge is 0.240 e. The van der Waals surface area contributed by atoms with Crippen molar-refractivity contribution in [2.75, 3.05) is 31.1 Å². The number of fused-ring (bicyclic) bond motifs is 1. The number of amides is 1. The number of carbonyl (C=O) groups excluding carboxylic acids is 1. The third-order valence-electron chi connectivity index (χ3n) is 7.57. The van der Waals surface area contributed by atoms with Crippen molar-refractivity contribution in [3.63, 3.8) is 0 Å². The Balaban J connectivity index is 1.18. The van der Waals surface area contributed by atoms with E-state index in [1.165, 1.54) is 49.8 Å². The zero-order valence-corrected chi connectivity index (χ0v) is 17.8. The summed E-state index contributed by atoms with van der Waals surface area (Å²) in [5.74, 6) is 0.318. The summed E-state index contributed by atoms with van der Waals surface area (Å²) in [6.45, 7) is 6.52. The fraction of sp³-hybridized carbons (Fsp3) is 0.708. The zero-order chi connectivity index (χ0) is 19.8. The van der Waals surface area contributed by atoms with Gasteiger partial charge in [0.15, 0.2) is 0 Å².